The van der Waals surface area contributed by atoms with Crippen LogP contribution in [0.15, 0.2) is 24.3 Å². The molecule has 0 saturated heterocycles. The van der Waals surface area contributed by atoms with Crippen molar-refractivity contribution in [1.29, 1.82) is 0 Å². The van der Waals surface area contributed by atoms with Crippen LogP contribution < -0.4 is 0 Å². The van der Waals surface area contributed by atoms with E-state index in [0.29, 0.717) is 10.6 Å². The van der Waals surface area contributed by atoms with Gasteiger partial charge in [-0.3, -0.25) is 9.00 Å². The Bertz CT molecular complexity index is 429. The second-order valence-electron chi connectivity index (χ2n) is 3.90. The van der Waals surface area contributed by atoms with Crippen LogP contribution in [-0.4, -0.2) is 20.0 Å². The highest BCUT2D eigenvalue weighted by Crippen LogP contribution is 2.22. The second kappa shape index (κ2) is 4.97. The molecule has 0 heterocycles. The molecule has 1 atom stereocenters. The summed E-state index contributed by atoms with van der Waals surface area (Å²) < 4.78 is 10.6. The topological polar surface area (TPSA) is 54.4 Å². The SMILES string of the molecule is CC(C)(C(=O)O)S(=O)Cc1ccccc1Cl. The van der Waals surface area contributed by atoms with E-state index in [1.807, 2.05) is 0 Å². The zero-order valence-corrected chi connectivity index (χ0v) is 10.6. The van der Waals surface area contributed by atoms with Gasteiger partial charge in [-0.2, -0.15) is 0 Å². The van der Waals surface area contributed by atoms with Crippen molar-refractivity contribution < 1.29 is 14.1 Å². The molecule has 0 amide bonds. The smallest absolute Gasteiger partial charge is 0.321 e. The van der Waals surface area contributed by atoms with E-state index in [1.54, 1.807) is 24.3 Å². The quantitative estimate of drug-likeness (QED) is 0.905. The summed E-state index contributed by atoms with van der Waals surface area (Å²) in [6, 6.07) is 7.00. The highest BCUT2D eigenvalue weighted by Gasteiger charge is 2.34. The third-order valence-corrected chi connectivity index (χ3v) is 4.58. The fourth-order valence-electron chi connectivity index (χ4n) is 1.03. The van der Waals surface area contributed by atoms with Gasteiger partial charge in [-0.05, 0) is 25.5 Å². The number of halogens is 1. The maximum absolute atomic E-state index is 11.9. The molecule has 1 N–H and O–H groups in total. The first-order chi connectivity index (χ1) is 7.35. The zero-order chi connectivity index (χ0) is 12.3. The summed E-state index contributed by atoms with van der Waals surface area (Å²) in [6.07, 6.45) is 0. The minimum absolute atomic E-state index is 0.152. The van der Waals surface area contributed by atoms with E-state index >= 15 is 0 Å². The van der Waals surface area contributed by atoms with Crippen molar-refractivity contribution in [3.8, 4) is 0 Å². The van der Waals surface area contributed by atoms with E-state index < -0.39 is 21.5 Å². The van der Waals surface area contributed by atoms with Crippen LogP contribution in [0.25, 0.3) is 0 Å². The molecule has 1 rings (SSSR count). The lowest BCUT2D eigenvalue weighted by Crippen LogP contribution is -2.37. The maximum Gasteiger partial charge on any atom is 0.321 e. The Hall–Kier alpha value is -0.870. The Morgan fingerprint density at radius 3 is 2.50 bits per heavy atom. The Labute approximate surface area is 102 Å². The van der Waals surface area contributed by atoms with Gasteiger partial charge in [0.05, 0.1) is 5.75 Å². The fourth-order valence-corrected chi connectivity index (χ4v) is 2.41. The molecule has 0 aliphatic carbocycles. The summed E-state index contributed by atoms with van der Waals surface area (Å²) in [4.78, 5) is 10.9. The standard InChI is InChI=1S/C11H13ClO3S/c1-11(2,10(13)14)16(15)7-8-5-3-4-6-9(8)12/h3-6H,7H2,1-2H3,(H,13,14). The van der Waals surface area contributed by atoms with Crippen molar-refractivity contribution >= 4 is 28.4 Å². The molecule has 1 unspecified atom stereocenters. The lowest BCUT2D eigenvalue weighted by atomic mass is 10.2. The monoisotopic (exact) mass is 260 g/mol. The maximum atomic E-state index is 11.9. The van der Waals surface area contributed by atoms with Crippen molar-refractivity contribution in [2.24, 2.45) is 0 Å². The van der Waals surface area contributed by atoms with Gasteiger partial charge in [0.2, 0.25) is 0 Å². The summed E-state index contributed by atoms with van der Waals surface area (Å²) >= 11 is 5.92. The van der Waals surface area contributed by atoms with Crippen LogP contribution >= 0.6 is 11.6 Å². The van der Waals surface area contributed by atoms with Gasteiger partial charge in [0, 0.05) is 15.8 Å². The molecular weight excluding hydrogens is 248 g/mol. The van der Waals surface area contributed by atoms with Crippen molar-refractivity contribution in [1.82, 2.24) is 0 Å². The molecule has 5 heteroatoms. The van der Waals surface area contributed by atoms with Crippen LogP contribution in [0.2, 0.25) is 5.02 Å². The van der Waals surface area contributed by atoms with E-state index in [2.05, 4.69) is 0 Å². The molecule has 1 aromatic rings. The first-order valence-electron chi connectivity index (χ1n) is 4.71. The molecule has 0 saturated carbocycles. The molecule has 0 fully saturated rings. The summed E-state index contributed by atoms with van der Waals surface area (Å²) in [6.45, 7) is 2.89. The molecule has 1 aromatic carbocycles. The molecule has 88 valence electrons. The average Bonchev–Trinajstić information content (AvgIpc) is 2.21. The number of carbonyl (C=O) groups is 1. The highest BCUT2D eigenvalue weighted by molar-refractivity contribution is 7.86. The van der Waals surface area contributed by atoms with Gasteiger partial charge in [0.15, 0.2) is 0 Å². The fraction of sp³-hybridized carbons (Fsp3) is 0.364. The van der Waals surface area contributed by atoms with Crippen LogP contribution in [0.5, 0.6) is 0 Å². The Morgan fingerprint density at radius 1 is 1.44 bits per heavy atom. The van der Waals surface area contributed by atoms with E-state index in [9.17, 15) is 9.00 Å². The number of carboxylic acid groups (broad SMARTS) is 1. The summed E-state index contributed by atoms with van der Waals surface area (Å²) in [7, 11) is -1.51. The molecule has 0 aliphatic heterocycles. The first kappa shape index (κ1) is 13.2. The highest BCUT2D eigenvalue weighted by atomic mass is 35.5. The molecule has 0 spiro atoms. The summed E-state index contributed by atoms with van der Waals surface area (Å²) in [5.41, 5.74) is 0.705. The molecule has 0 aliphatic rings. The Morgan fingerprint density at radius 2 is 2.00 bits per heavy atom. The first-order valence-corrected chi connectivity index (χ1v) is 6.40. The Kier molecular flexibility index (Phi) is 4.10. The number of benzene rings is 1. The molecular formula is C11H13ClO3S. The zero-order valence-electron chi connectivity index (χ0n) is 9.07. The third-order valence-electron chi connectivity index (χ3n) is 2.33. The number of hydrogen-bond donors (Lipinski definition) is 1. The van der Waals surface area contributed by atoms with Crippen LogP contribution in [0.4, 0.5) is 0 Å². The molecule has 0 radical (unpaired) electrons. The van der Waals surface area contributed by atoms with Crippen LogP contribution in [0.3, 0.4) is 0 Å². The average molecular weight is 261 g/mol. The number of aliphatic carboxylic acids is 1. The van der Waals surface area contributed by atoms with E-state index in [4.69, 9.17) is 16.7 Å². The predicted octanol–water partition coefficient (Wildman–Crippen LogP) is 2.45. The van der Waals surface area contributed by atoms with E-state index in [1.165, 1.54) is 13.8 Å². The van der Waals surface area contributed by atoms with Gasteiger partial charge >= 0.3 is 5.97 Å². The summed E-state index contributed by atoms with van der Waals surface area (Å²) in [5.74, 6) is -0.920. The van der Waals surface area contributed by atoms with E-state index in [-0.39, 0.29) is 5.75 Å². The minimum Gasteiger partial charge on any atom is -0.480 e. The van der Waals surface area contributed by atoms with Crippen LogP contribution in [0.1, 0.15) is 19.4 Å². The van der Waals surface area contributed by atoms with Crippen molar-refractivity contribution in [3.05, 3.63) is 34.9 Å². The van der Waals surface area contributed by atoms with Gasteiger partial charge in [-0.15, -0.1) is 0 Å². The number of rotatable bonds is 4. The molecule has 0 aromatic heterocycles. The van der Waals surface area contributed by atoms with Gasteiger partial charge in [0.1, 0.15) is 4.75 Å². The minimum atomic E-state index is -1.51. The third kappa shape index (κ3) is 2.83. The molecule has 0 bridgehead atoms. The lowest BCUT2D eigenvalue weighted by molar-refractivity contribution is -0.139. The van der Waals surface area contributed by atoms with Crippen molar-refractivity contribution in [3.63, 3.8) is 0 Å². The van der Waals surface area contributed by atoms with Crippen molar-refractivity contribution in [2.75, 3.05) is 0 Å². The van der Waals surface area contributed by atoms with Gasteiger partial charge < -0.3 is 5.11 Å². The Balaban J connectivity index is 2.88. The van der Waals surface area contributed by atoms with Gasteiger partial charge in [-0.25, -0.2) is 0 Å². The van der Waals surface area contributed by atoms with Crippen LogP contribution in [-0.2, 0) is 21.3 Å². The number of hydrogen-bond acceptors (Lipinski definition) is 2. The lowest BCUT2D eigenvalue weighted by Gasteiger charge is -2.18. The largest absolute Gasteiger partial charge is 0.480 e. The van der Waals surface area contributed by atoms with Gasteiger partial charge in [-0.1, -0.05) is 29.8 Å². The number of carboxylic acids is 1. The molecule has 3 nitrogen and oxygen atoms in total. The normalized spacial score (nSPS) is 13.4. The van der Waals surface area contributed by atoms with E-state index in [0.717, 1.165) is 0 Å². The van der Waals surface area contributed by atoms with Crippen LogP contribution in [0, 0.1) is 0 Å². The van der Waals surface area contributed by atoms with Gasteiger partial charge in [0.25, 0.3) is 0 Å². The second-order valence-corrected chi connectivity index (χ2v) is 6.30. The molecule has 16 heavy (non-hydrogen) atoms. The predicted molar refractivity (Wildman–Crippen MR) is 65.0 cm³/mol. The van der Waals surface area contributed by atoms with Crippen molar-refractivity contribution in [2.45, 2.75) is 24.3 Å². The summed E-state index contributed by atoms with van der Waals surface area (Å²) in [5, 5.41) is 9.44.